The zero-order valence-electron chi connectivity index (χ0n) is 25.8. The Morgan fingerprint density at radius 2 is 1.73 bits per heavy atom. The SMILES string of the molecule is CCCN(C(=O)c1cnc(N)nc1C)[C@H](CC)CCc1nc2c(-c3ccc(-c4ccccc4)nc3)cnn2c(N)c1S(C)(=O)=O. The molecule has 0 saturated carbocycles. The van der Waals surface area contributed by atoms with Gasteiger partial charge in [-0.05, 0) is 38.7 Å². The molecule has 0 aliphatic carbocycles. The first kappa shape index (κ1) is 31.5. The van der Waals surface area contributed by atoms with Crippen molar-refractivity contribution in [1.82, 2.24) is 34.4 Å². The third kappa shape index (κ3) is 6.48. The first-order valence-corrected chi connectivity index (χ1v) is 16.7. The highest BCUT2D eigenvalue weighted by atomic mass is 32.2. The molecule has 1 atom stereocenters. The first-order chi connectivity index (χ1) is 21.5. The van der Waals surface area contributed by atoms with E-state index >= 15 is 0 Å². The summed E-state index contributed by atoms with van der Waals surface area (Å²) in [4.78, 5) is 33.1. The second kappa shape index (κ2) is 13.0. The number of nitrogens with two attached hydrogens (primary N) is 2. The molecule has 5 aromatic rings. The van der Waals surface area contributed by atoms with Crippen LogP contribution in [0.5, 0.6) is 0 Å². The van der Waals surface area contributed by atoms with Crippen LogP contribution in [-0.2, 0) is 16.3 Å². The monoisotopic (exact) mass is 627 g/mol. The van der Waals surface area contributed by atoms with Gasteiger partial charge >= 0.3 is 0 Å². The van der Waals surface area contributed by atoms with Gasteiger partial charge in [-0.1, -0.05) is 50.2 Å². The van der Waals surface area contributed by atoms with Gasteiger partial charge in [0.1, 0.15) is 10.7 Å². The van der Waals surface area contributed by atoms with E-state index in [0.29, 0.717) is 47.5 Å². The van der Waals surface area contributed by atoms with Gasteiger partial charge in [-0.3, -0.25) is 9.78 Å². The van der Waals surface area contributed by atoms with Crippen LogP contribution in [-0.4, -0.2) is 67.6 Å². The predicted octanol–water partition coefficient (Wildman–Crippen LogP) is 4.39. The van der Waals surface area contributed by atoms with Gasteiger partial charge in [0.25, 0.3) is 5.91 Å². The third-order valence-corrected chi connectivity index (χ3v) is 8.99. The smallest absolute Gasteiger partial charge is 0.257 e. The van der Waals surface area contributed by atoms with E-state index in [1.165, 1.54) is 10.7 Å². The highest BCUT2D eigenvalue weighted by Gasteiger charge is 2.28. The van der Waals surface area contributed by atoms with Crippen molar-refractivity contribution < 1.29 is 13.2 Å². The maximum Gasteiger partial charge on any atom is 0.257 e. The summed E-state index contributed by atoms with van der Waals surface area (Å²) < 4.78 is 27.4. The van der Waals surface area contributed by atoms with E-state index in [1.54, 1.807) is 24.2 Å². The molecule has 12 nitrogen and oxygen atoms in total. The maximum atomic E-state index is 13.7. The number of anilines is 2. The number of aryl methyl sites for hydroxylation is 2. The number of rotatable bonds is 11. The largest absolute Gasteiger partial charge is 0.382 e. The molecule has 0 saturated heterocycles. The summed E-state index contributed by atoms with van der Waals surface area (Å²) in [5, 5.41) is 4.39. The minimum atomic E-state index is -3.77. The summed E-state index contributed by atoms with van der Waals surface area (Å²) in [5.74, 6) is -0.105. The quantitative estimate of drug-likeness (QED) is 0.214. The van der Waals surface area contributed by atoms with Crippen molar-refractivity contribution in [3.05, 3.63) is 78.0 Å². The van der Waals surface area contributed by atoms with Crippen LogP contribution in [0.3, 0.4) is 0 Å². The predicted molar refractivity (Wildman–Crippen MR) is 174 cm³/mol. The summed E-state index contributed by atoms with van der Waals surface area (Å²) >= 11 is 0. The molecule has 0 aliphatic rings. The van der Waals surface area contributed by atoms with Crippen LogP contribution in [0, 0.1) is 6.92 Å². The van der Waals surface area contributed by atoms with Crippen LogP contribution in [0.4, 0.5) is 11.8 Å². The molecule has 4 heterocycles. The van der Waals surface area contributed by atoms with Crippen LogP contribution < -0.4 is 11.5 Å². The Kier molecular flexibility index (Phi) is 9.09. The van der Waals surface area contributed by atoms with Crippen LogP contribution in [0.2, 0.25) is 0 Å². The van der Waals surface area contributed by atoms with Crippen molar-refractivity contribution in [3.63, 3.8) is 0 Å². The van der Waals surface area contributed by atoms with Gasteiger partial charge in [-0.15, -0.1) is 0 Å². The second-order valence-electron chi connectivity index (χ2n) is 11.0. The summed E-state index contributed by atoms with van der Waals surface area (Å²) in [7, 11) is -3.77. The molecule has 13 heteroatoms. The summed E-state index contributed by atoms with van der Waals surface area (Å²) in [6, 6.07) is 13.5. The van der Waals surface area contributed by atoms with E-state index in [1.807, 2.05) is 56.3 Å². The van der Waals surface area contributed by atoms with Gasteiger partial charge in [0.05, 0.1) is 28.8 Å². The molecular formula is C32H37N9O3S. The number of carbonyl (C=O) groups is 1. The van der Waals surface area contributed by atoms with Crippen molar-refractivity contribution in [2.75, 3.05) is 24.3 Å². The van der Waals surface area contributed by atoms with E-state index in [9.17, 15) is 13.2 Å². The maximum absolute atomic E-state index is 13.7. The molecule has 4 N–H and O–H groups in total. The lowest BCUT2D eigenvalue weighted by molar-refractivity contribution is 0.0660. The number of nitrogen functional groups attached to an aromatic ring is 2. The normalized spacial score (nSPS) is 12.4. The average molecular weight is 628 g/mol. The number of aromatic nitrogens is 6. The number of pyridine rings is 1. The van der Waals surface area contributed by atoms with E-state index in [0.717, 1.165) is 29.5 Å². The van der Waals surface area contributed by atoms with E-state index < -0.39 is 9.84 Å². The lowest BCUT2D eigenvalue weighted by atomic mass is 10.0. The van der Waals surface area contributed by atoms with E-state index in [-0.39, 0.29) is 35.0 Å². The molecule has 0 fully saturated rings. The molecule has 0 unspecified atom stereocenters. The zero-order valence-corrected chi connectivity index (χ0v) is 26.6. The van der Waals surface area contributed by atoms with Gasteiger partial charge in [0.2, 0.25) is 5.95 Å². The molecule has 45 heavy (non-hydrogen) atoms. The molecule has 0 aliphatic heterocycles. The molecule has 0 spiro atoms. The van der Waals surface area contributed by atoms with Gasteiger partial charge in [-0.25, -0.2) is 23.4 Å². The van der Waals surface area contributed by atoms with Crippen LogP contribution in [0.1, 0.15) is 54.9 Å². The Bertz CT molecular complexity index is 1940. The highest BCUT2D eigenvalue weighted by molar-refractivity contribution is 7.91. The number of nitrogens with zero attached hydrogens (tertiary/aromatic N) is 7. The molecule has 1 amide bonds. The Morgan fingerprint density at radius 1 is 0.978 bits per heavy atom. The molecule has 1 aromatic carbocycles. The van der Waals surface area contributed by atoms with Crippen molar-refractivity contribution in [1.29, 1.82) is 0 Å². The van der Waals surface area contributed by atoms with Crippen LogP contribution in [0.15, 0.2) is 66.0 Å². The van der Waals surface area contributed by atoms with Gasteiger partial charge in [-0.2, -0.15) is 9.61 Å². The molecule has 5 rings (SSSR count). The zero-order chi connectivity index (χ0) is 32.3. The third-order valence-electron chi connectivity index (χ3n) is 7.80. The molecule has 234 valence electrons. The Balaban J connectivity index is 1.50. The topological polar surface area (TPSA) is 175 Å². The van der Waals surface area contributed by atoms with Crippen LogP contribution in [0.25, 0.3) is 28.0 Å². The number of hydrogen-bond acceptors (Lipinski definition) is 10. The Morgan fingerprint density at radius 3 is 2.36 bits per heavy atom. The number of hydrogen-bond donors (Lipinski definition) is 2. The fraction of sp³-hybridized carbons (Fsp3) is 0.312. The number of fused-ring (bicyclic) bond motifs is 1. The number of sulfone groups is 1. The molecule has 0 bridgehead atoms. The van der Waals surface area contributed by atoms with Crippen LogP contribution >= 0.6 is 0 Å². The molecule has 4 aromatic heterocycles. The Labute approximate surface area is 262 Å². The summed E-state index contributed by atoms with van der Waals surface area (Å²) in [6.45, 7) is 6.23. The van der Waals surface area contributed by atoms with Crippen molar-refractivity contribution in [2.24, 2.45) is 0 Å². The fourth-order valence-electron chi connectivity index (χ4n) is 5.58. The number of amides is 1. The average Bonchev–Trinajstić information content (AvgIpc) is 3.45. The lowest BCUT2D eigenvalue weighted by Crippen LogP contribution is -2.41. The van der Waals surface area contributed by atoms with Gasteiger partial charge in [0, 0.05) is 47.9 Å². The first-order valence-electron chi connectivity index (χ1n) is 14.8. The summed E-state index contributed by atoms with van der Waals surface area (Å²) in [6.07, 6.45) is 8.02. The van der Waals surface area contributed by atoms with Crippen molar-refractivity contribution >= 4 is 33.2 Å². The van der Waals surface area contributed by atoms with E-state index in [2.05, 4.69) is 20.1 Å². The Hall–Kier alpha value is -4.91. The lowest BCUT2D eigenvalue weighted by Gasteiger charge is -2.31. The highest BCUT2D eigenvalue weighted by Crippen LogP contribution is 2.31. The van der Waals surface area contributed by atoms with Crippen molar-refractivity contribution in [2.45, 2.75) is 57.4 Å². The van der Waals surface area contributed by atoms with Gasteiger partial charge < -0.3 is 16.4 Å². The summed E-state index contributed by atoms with van der Waals surface area (Å²) in [5.41, 5.74) is 17.1. The minimum absolute atomic E-state index is 0.0122. The van der Waals surface area contributed by atoms with E-state index in [4.69, 9.17) is 16.5 Å². The minimum Gasteiger partial charge on any atom is -0.382 e. The standard InChI is InChI=1S/C32H37N9O3S/c1-5-16-40(31(42)24-18-36-32(34)38-20(24)3)23(6-2)13-15-27-28(45(4,43)44)29(33)41-30(39-27)25(19-37-41)22-12-14-26(35-17-22)21-10-8-7-9-11-21/h7-12,14,17-19,23H,5-6,13,15-16,33H2,1-4H3,(H2,34,36,38)/t23-/m1/s1. The fourth-order valence-corrected chi connectivity index (χ4v) is 6.62. The van der Waals surface area contributed by atoms with Crippen molar-refractivity contribution in [3.8, 4) is 22.4 Å². The second-order valence-corrected chi connectivity index (χ2v) is 12.9. The van der Waals surface area contributed by atoms with Gasteiger partial charge in [0.15, 0.2) is 15.5 Å². The number of carbonyl (C=O) groups excluding carboxylic acids is 1. The molecule has 0 radical (unpaired) electrons. The number of benzene rings is 1. The molecular weight excluding hydrogens is 590 g/mol.